The monoisotopic (exact) mass is 290 g/mol. The van der Waals surface area contributed by atoms with E-state index in [0.717, 1.165) is 17.7 Å². The minimum absolute atomic E-state index is 0.344. The van der Waals surface area contributed by atoms with Gasteiger partial charge in [0.1, 0.15) is 11.4 Å². The summed E-state index contributed by atoms with van der Waals surface area (Å²) in [5.41, 5.74) is 1.64. The Hall–Kier alpha value is -1.77. The van der Waals surface area contributed by atoms with Gasteiger partial charge in [0.15, 0.2) is 0 Å². The molecule has 0 aliphatic rings. The summed E-state index contributed by atoms with van der Waals surface area (Å²) in [5, 5.41) is 0. The van der Waals surface area contributed by atoms with Crippen molar-refractivity contribution in [3.63, 3.8) is 0 Å². The Kier molecular flexibility index (Phi) is 6.01. The molecule has 0 radical (unpaired) electrons. The van der Waals surface area contributed by atoms with E-state index in [1.165, 1.54) is 11.6 Å². The van der Waals surface area contributed by atoms with Gasteiger partial charge in [0, 0.05) is 11.6 Å². The van der Waals surface area contributed by atoms with E-state index in [1.54, 1.807) is 13.2 Å². The maximum Gasteiger partial charge on any atom is 0.331 e. The summed E-state index contributed by atoms with van der Waals surface area (Å²) in [6.07, 6.45) is 4.28. The summed E-state index contributed by atoms with van der Waals surface area (Å²) >= 11 is 0. The molecule has 1 rings (SSSR count). The number of hydrogen-bond donors (Lipinski definition) is 0. The minimum atomic E-state index is -0.484. The summed E-state index contributed by atoms with van der Waals surface area (Å²) in [6, 6.07) is 5.96. The Morgan fingerprint density at radius 3 is 2.52 bits per heavy atom. The number of benzene rings is 1. The van der Waals surface area contributed by atoms with Crippen LogP contribution in [0.5, 0.6) is 5.75 Å². The predicted molar refractivity (Wildman–Crippen MR) is 86.6 cm³/mol. The van der Waals surface area contributed by atoms with Crippen LogP contribution in [0.1, 0.15) is 58.1 Å². The second-order valence-electron chi connectivity index (χ2n) is 6.14. The average molecular weight is 290 g/mol. The molecule has 3 heteroatoms. The first-order chi connectivity index (χ1) is 9.78. The van der Waals surface area contributed by atoms with Gasteiger partial charge in [0.05, 0.1) is 7.11 Å². The van der Waals surface area contributed by atoms with Crippen molar-refractivity contribution in [1.82, 2.24) is 0 Å². The van der Waals surface area contributed by atoms with Crippen LogP contribution >= 0.6 is 0 Å². The maximum atomic E-state index is 11.8. The first-order valence-corrected chi connectivity index (χ1v) is 7.36. The lowest BCUT2D eigenvalue weighted by molar-refractivity contribution is -0.148. The van der Waals surface area contributed by atoms with Crippen molar-refractivity contribution < 1.29 is 14.3 Å². The molecule has 116 valence electrons. The van der Waals surface area contributed by atoms with Crippen molar-refractivity contribution in [1.29, 1.82) is 0 Å². The fourth-order valence-corrected chi connectivity index (χ4v) is 2.05. The smallest absolute Gasteiger partial charge is 0.331 e. The van der Waals surface area contributed by atoms with Gasteiger partial charge in [-0.25, -0.2) is 4.79 Å². The highest BCUT2D eigenvalue weighted by Crippen LogP contribution is 2.30. The Balaban J connectivity index is 3.08. The highest BCUT2D eigenvalue weighted by atomic mass is 16.6. The average Bonchev–Trinajstić information content (AvgIpc) is 2.41. The number of esters is 1. The van der Waals surface area contributed by atoms with E-state index >= 15 is 0 Å². The highest BCUT2D eigenvalue weighted by molar-refractivity contribution is 5.88. The molecule has 0 aromatic heterocycles. The minimum Gasteiger partial charge on any atom is -0.496 e. The molecular formula is C18H26O3. The Morgan fingerprint density at radius 1 is 1.33 bits per heavy atom. The van der Waals surface area contributed by atoms with E-state index in [2.05, 4.69) is 19.9 Å². The van der Waals surface area contributed by atoms with Gasteiger partial charge in [-0.15, -0.1) is 0 Å². The first-order valence-electron chi connectivity index (χ1n) is 7.36. The van der Waals surface area contributed by atoms with Crippen molar-refractivity contribution in [2.45, 2.75) is 52.6 Å². The van der Waals surface area contributed by atoms with E-state index in [1.807, 2.05) is 32.9 Å². The van der Waals surface area contributed by atoms with E-state index in [0.29, 0.717) is 5.92 Å². The zero-order valence-corrected chi connectivity index (χ0v) is 13.9. The SMILES string of the molecule is CCC(C)c1cccc(OC)c1/C=C/C(=O)OC(C)(C)C. The summed E-state index contributed by atoms with van der Waals surface area (Å²) < 4.78 is 10.7. The number of methoxy groups -OCH3 is 1. The molecule has 0 bridgehead atoms. The molecule has 1 aromatic rings. The number of ether oxygens (including phenoxy) is 2. The molecule has 0 spiro atoms. The van der Waals surface area contributed by atoms with Gasteiger partial charge in [-0.3, -0.25) is 0 Å². The molecule has 0 aliphatic carbocycles. The Labute approximate surface area is 128 Å². The molecule has 0 N–H and O–H groups in total. The molecule has 1 atom stereocenters. The fourth-order valence-electron chi connectivity index (χ4n) is 2.05. The topological polar surface area (TPSA) is 35.5 Å². The van der Waals surface area contributed by atoms with Gasteiger partial charge in [-0.2, -0.15) is 0 Å². The number of carbonyl (C=O) groups excluding carboxylic acids is 1. The highest BCUT2D eigenvalue weighted by Gasteiger charge is 2.15. The van der Waals surface area contributed by atoms with Gasteiger partial charge in [0.2, 0.25) is 0 Å². The quantitative estimate of drug-likeness (QED) is 0.589. The standard InChI is InChI=1S/C18H26O3/c1-7-13(2)14-9-8-10-16(20-6)15(14)11-12-17(19)21-18(3,4)5/h8-13H,7H2,1-6H3/b12-11+. The lowest BCUT2D eigenvalue weighted by Gasteiger charge is -2.18. The first kappa shape index (κ1) is 17.3. The van der Waals surface area contributed by atoms with Gasteiger partial charge in [-0.1, -0.05) is 26.0 Å². The zero-order chi connectivity index (χ0) is 16.0. The van der Waals surface area contributed by atoms with Crippen molar-refractivity contribution in [3.05, 3.63) is 35.4 Å². The summed E-state index contributed by atoms with van der Waals surface area (Å²) in [5.74, 6) is 0.828. The molecular weight excluding hydrogens is 264 g/mol. The molecule has 1 unspecified atom stereocenters. The molecule has 21 heavy (non-hydrogen) atoms. The van der Waals surface area contributed by atoms with Gasteiger partial charge in [-0.05, 0) is 50.8 Å². The Morgan fingerprint density at radius 2 is 2.00 bits per heavy atom. The normalized spacial score (nSPS) is 13.2. The van der Waals surface area contributed by atoms with E-state index in [4.69, 9.17) is 9.47 Å². The lowest BCUT2D eigenvalue weighted by Crippen LogP contribution is -2.22. The van der Waals surface area contributed by atoms with Crippen LogP contribution in [-0.2, 0) is 9.53 Å². The molecule has 1 aromatic carbocycles. The lowest BCUT2D eigenvalue weighted by atomic mass is 9.93. The number of hydrogen-bond acceptors (Lipinski definition) is 3. The predicted octanol–water partition coefficient (Wildman–Crippen LogP) is 4.56. The maximum absolute atomic E-state index is 11.8. The van der Waals surface area contributed by atoms with Crippen LogP contribution in [0.25, 0.3) is 6.08 Å². The van der Waals surface area contributed by atoms with Crippen LogP contribution in [0.3, 0.4) is 0 Å². The molecule has 0 heterocycles. The molecule has 0 fully saturated rings. The van der Waals surface area contributed by atoms with Crippen molar-refractivity contribution in [3.8, 4) is 5.75 Å². The van der Waals surface area contributed by atoms with Crippen LogP contribution < -0.4 is 4.74 Å². The third-order valence-corrected chi connectivity index (χ3v) is 3.26. The number of carbonyl (C=O) groups is 1. The van der Waals surface area contributed by atoms with E-state index in [9.17, 15) is 4.79 Å². The van der Waals surface area contributed by atoms with Crippen molar-refractivity contribution in [2.24, 2.45) is 0 Å². The van der Waals surface area contributed by atoms with E-state index < -0.39 is 5.60 Å². The molecule has 0 saturated heterocycles. The van der Waals surface area contributed by atoms with Crippen LogP contribution in [0.15, 0.2) is 24.3 Å². The third-order valence-electron chi connectivity index (χ3n) is 3.26. The van der Waals surface area contributed by atoms with Gasteiger partial charge in [0.25, 0.3) is 0 Å². The van der Waals surface area contributed by atoms with Gasteiger partial charge >= 0.3 is 5.97 Å². The fraction of sp³-hybridized carbons (Fsp3) is 0.500. The summed E-state index contributed by atoms with van der Waals surface area (Å²) in [4.78, 5) is 11.8. The van der Waals surface area contributed by atoms with Crippen LogP contribution in [-0.4, -0.2) is 18.7 Å². The zero-order valence-electron chi connectivity index (χ0n) is 13.9. The second-order valence-corrected chi connectivity index (χ2v) is 6.14. The molecule has 0 aliphatic heterocycles. The molecule has 0 amide bonds. The van der Waals surface area contributed by atoms with Crippen LogP contribution in [0.2, 0.25) is 0 Å². The van der Waals surface area contributed by atoms with Crippen molar-refractivity contribution in [2.75, 3.05) is 7.11 Å². The van der Waals surface area contributed by atoms with Crippen molar-refractivity contribution >= 4 is 12.0 Å². The second kappa shape index (κ2) is 7.30. The summed E-state index contributed by atoms with van der Waals surface area (Å²) in [6.45, 7) is 9.87. The molecule has 0 saturated carbocycles. The number of rotatable bonds is 5. The Bertz CT molecular complexity index is 510. The van der Waals surface area contributed by atoms with Gasteiger partial charge < -0.3 is 9.47 Å². The summed E-state index contributed by atoms with van der Waals surface area (Å²) in [7, 11) is 1.64. The van der Waals surface area contributed by atoms with Crippen LogP contribution in [0.4, 0.5) is 0 Å². The largest absolute Gasteiger partial charge is 0.496 e. The van der Waals surface area contributed by atoms with E-state index in [-0.39, 0.29) is 5.97 Å². The van der Waals surface area contributed by atoms with Crippen LogP contribution in [0, 0.1) is 0 Å². The molecule has 3 nitrogen and oxygen atoms in total. The third kappa shape index (κ3) is 5.25.